The third-order valence-corrected chi connectivity index (χ3v) is 5.85. The van der Waals surface area contributed by atoms with Gasteiger partial charge in [-0.15, -0.1) is 0 Å². The summed E-state index contributed by atoms with van der Waals surface area (Å²) in [6.45, 7) is 19.8. The fourth-order valence-corrected chi connectivity index (χ4v) is 3.21. The van der Waals surface area contributed by atoms with Crippen molar-refractivity contribution in [3.8, 4) is 0 Å². The molecule has 9 nitrogen and oxygen atoms in total. The summed E-state index contributed by atoms with van der Waals surface area (Å²) >= 11 is 0. The zero-order valence-electron chi connectivity index (χ0n) is 25.0. The van der Waals surface area contributed by atoms with Gasteiger partial charge in [0.15, 0.2) is 0 Å². The molecule has 37 heavy (non-hydrogen) atoms. The summed E-state index contributed by atoms with van der Waals surface area (Å²) in [5.74, 6) is 0.00286. The standard InChI is InChI=1S/C28H58N4O5/c1-27(2,3)31-17-12-20-36-22-24-37-23-21-35-19-11-16-30-26(34)14-10-13-25(33)29-15-8-9-18-32(7)28(4,5)6/h31H,8-24H2,1-7H3,(H,29,33)(H,30,34). The number of carbonyl (C=O) groups is 2. The number of ether oxygens (including phenoxy) is 3. The van der Waals surface area contributed by atoms with E-state index in [1.165, 1.54) is 0 Å². The van der Waals surface area contributed by atoms with Crippen molar-refractivity contribution in [1.29, 1.82) is 0 Å². The van der Waals surface area contributed by atoms with Crippen LogP contribution in [-0.4, -0.2) is 101 Å². The SMILES string of the molecule is CN(CCCCNC(=O)CCCC(=O)NCCCOCCOCCOCCCNC(C)(C)C)C(C)(C)C. The van der Waals surface area contributed by atoms with Gasteiger partial charge in [-0.2, -0.15) is 0 Å². The van der Waals surface area contributed by atoms with Gasteiger partial charge < -0.3 is 35.1 Å². The maximum absolute atomic E-state index is 11.9. The van der Waals surface area contributed by atoms with Crippen LogP contribution in [0.25, 0.3) is 0 Å². The van der Waals surface area contributed by atoms with Gasteiger partial charge in [-0.3, -0.25) is 9.59 Å². The van der Waals surface area contributed by atoms with Crippen molar-refractivity contribution in [1.82, 2.24) is 20.9 Å². The molecule has 2 amide bonds. The molecule has 0 atom stereocenters. The highest BCUT2D eigenvalue weighted by molar-refractivity contribution is 5.78. The molecule has 0 bridgehead atoms. The molecule has 0 saturated heterocycles. The van der Waals surface area contributed by atoms with E-state index in [-0.39, 0.29) is 22.9 Å². The van der Waals surface area contributed by atoms with Crippen molar-refractivity contribution in [2.75, 3.05) is 72.9 Å². The second-order valence-electron chi connectivity index (χ2n) is 11.6. The smallest absolute Gasteiger partial charge is 0.220 e. The van der Waals surface area contributed by atoms with E-state index in [9.17, 15) is 9.59 Å². The Kier molecular flexibility index (Phi) is 20.9. The van der Waals surface area contributed by atoms with E-state index in [1.807, 2.05) is 0 Å². The van der Waals surface area contributed by atoms with Crippen LogP contribution in [0.15, 0.2) is 0 Å². The van der Waals surface area contributed by atoms with E-state index in [0.29, 0.717) is 65.4 Å². The largest absolute Gasteiger partial charge is 0.379 e. The molecule has 0 saturated carbocycles. The Balaban J connectivity index is 3.38. The summed E-state index contributed by atoms with van der Waals surface area (Å²) in [6, 6.07) is 0. The highest BCUT2D eigenvalue weighted by Gasteiger charge is 2.15. The Hall–Kier alpha value is -1.26. The number of amides is 2. The first-order chi connectivity index (χ1) is 17.4. The number of carbonyl (C=O) groups excluding carboxylic acids is 2. The number of nitrogens with zero attached hydrogens (tertiary/aromatic N) is 1. The first kappa shape index (κ1) is 35.7. The van der Waals surface area contributed by atoms with Crippen molar-refractivity contribution in [3.63, 3.8) is 0 Å². The molecule has 220 valence electrons. The molecule has 0 rings (SSSR count). The molecule has 0 fully saturated rings. The van der Waals surface area contributed by atoms with Gasteiger partial charge in [0.05, 0.1) is 26.4 Å². The second-order valence-corrected chi connectivity index (χ2v) is 11.6. The Morgan fingerprint density at radius 1 is 0.622 bits per heavy atom. The zero-order chi connectivity index (χ0) is 28.0. The van der Waals surface area contributed by atoms with Crippen LogP contribution in [-0.2, 0) is 23.8 Å². The first-order valence-electron chi connectivity index (χ1n) is 14.1. The number of hydrogen-bond donors (Lipinski definition) is 3. The lowest BCUT2D eigenvalue weighted by Crippen LogP contribution is -2.38. The van der Waals surface area contributed by atoms with E-state index in [4.69, 9.17) is 14.2 Å². The lowest BCUT2D eigenvalue weighted by atomic mass is 10.1. The Labute approximate surface area is 227 Å². The minimum Gasteiger partial charge on any atom is -0.379 e. The lowest BCUT2D eigenvalue weighted by Gasteiger charge is -2.31. The quantitative estimate of drug-likeness (QED) is 0.175. The summed E-state index contributed by atoms with van der Waals surface area (Å²) in [6.07, 6.45) is 5.08. The average Bonchev–Trinajstić information content (AvgIpc) is 2.79. The number of nitrogens with one attached hydrogen (secondary N) is 3. The van der Waals surface area contributed by atoms with Crippen LogP contribution in [0.5, 0.6) is 0 Å². The van der Waals surface area contributed by atoms with Crippen LogP contribution in [0.1, 0.15) is 86.5 Å². The Morgan fingerprint density at radius 2 is 1.08 bits per heavy atom. The minimum absolute atomic E-state index is 0.0180. The molecule has 3 N–H and O–H groups in total. The topological polar surface area (TPSA) is 101 Å². The maximum Gasteiger partial charge on any atom is 0.220 e. The molecule has 0 aromatic carbocycles. The summed E-state index contributed by atoms with van der Waals surface area (Å²) < 4.78 is 16.6. The van der Waals surface area contributed by atoms with Crippen molar-refractivity contribution in [2.45, 2.75) is 97.6 Å². The summed E-state index contributed by atoms with van der Waals surface area (Å²) in [7, 11) is 2.13. The third-order valence-electron chi connectivity index (χ3n) is 5.85. The van der Waals surface area contributed by atoms with Crippen LogP contribution < -0.4 is 16.0 Å². The van der Waals surface area contributed by atoms with Gasteiger partial charge in [-0.25, -0.2) is 0 Å². The lowest BCUT2D eigenvalue weighted by molar-refractivity contribution is -0.122. The summed E-state index contributed by atoms with van der Waals surface area (Å²) in [5.41, 5.74) is 0.323. The van der Waals surface area contributed by atoms with Crippen molar-refractivity contribution in [3.05, 3.63) is 0 Å². The third kappa shape index (κ3) is 26.1. The fraction of sp³-hybridized carbons (Fsp3) is 0.929. The molecule has 0 spiro atoms. The van der Waals surface area contributed by atoms with Gasteiger partial charge in [0, 0.05) is 50.2 Å². The summed E-state index contributed by atoms with van der Waals surface area (Å²) in [5, 5.41) is 9.25. The van der Waals surface area contributed by atoms with Crippen molar-refractivity contribution >= 4 is 11.8 Å². The maximum atomic E-state index is 11.9. The average molecular weight is 531 g/mol. The highest BCUT2D eigenvalue weighted by Crippen LogP contribution is 2.10. The van der Waals surface area contributed by atoms with Gasteiger partial charge in [-0.05, 0) is 93.8 Å². The minimum atomic E-state index is -0.0180. The fourth-order valence-electron chi connectivity index (χ4n) is 3.21. The molecular formula is C28H58N4O5. The molecule has 0 heterocycles. The van der Waals surface area contributed by atoms with E-state index in [0.717, 1.165) is 45.4 Å². The monoisotopic (exact) mass is 530 g/mol. The molecule has 0 aromatic rings. The van der Waals surface area contributed by atoms with Crippen LogP contribution in [0.3, 0.4) is 0 Å². The van der Waals surface area contributed by atoms with Crippen molar-refractivity contribution < 1.29 is 23.8 Å². The van der Waals surface area contributed by atoms with Crippen molar-refractivity contribution in [2.24, 2.45) is 0 Å². The zero-order valence-corrected chi connectivity index (χ0v) is 25.0. The predicted molar refractivity (Wildman–Crippen MR) is 151 cm³/mol. The molecule has 0 aromatic heterocycles. The number of hydrogen-bond acceptors (Lipinski definition) is 7. The molecular weight excluding hydrogens is 472 g/mol. The van der Waals surface area contributed by atoms with Gasteiger partial charge in [-0.1, -0.05) is 0 Å². The highest BCUT2D eigenvalue weighted by atomic mass is 16.5. The van der Waals surface area contributed by atoms with Crippen LogP contribution in [0.4, 0.5) is 0 Å². The van der Waals surface area contributed by atoms with Gasteiger partial charge in [0.2, 0.25) is 11.8 Å². The molecule has 0 aliphatic heterocycles. The molecule has 0 aliphatic rings. The van der Waals surface area contributed by atoms with Crippen LogP contribution in [0, 0.1) is 0 Å². The van der Waals surface area contributed by atoms with Crippen LogP contribution in [0.2, 0.25) is 0 Å². The Bertz CT molecular complexity index is 576. The van der Waals surface area contributed by atoms with Crippen LogP contribution >= 0.6 is 0 Å². The number of rotatable bonds is 23. The normalized spacial score (nSPS) is 12.2. The van der Waals surface area contributed by atoms with Gasteiger partial charge >= 0.3 is 0 Å². The number of unbranched alkanes of at least 4 members (excludes halogenated alkanes) is 1. The first-order valence-corrected chi connectivity index (χ1v) is 14.1. The predicted octanol–water partition coefficient (Wildman–Crippen LogP) is 3.12. The summed E-state index contributed by atoms with van der Waals surface area (Å²) in [4.78, 5) is 26.1. The molecule has 0 aliphatic carbocycles. The van der Waals surface area contributed by atoms with E-state index < -0.39 is 0 Å². The molecule has 9 heteroatoms. The molecule has 0 radical (unpaired) electrons. The van der Waals surface area contributed by atoms with E-state index >= 15 is 0 Å². The van der Waals surface area contributed by atoms with E-state index in [2.05, 4.69) is 69.4 Å². The van der Waals surface area contributed by atoms with Gasteiger partial charge in [0.1, 0.15) is 0 Å². The second kappa shape index (κ2) is 21.6. The van der Waals surface area contributed by atoms with Gasteiger partial charge in [0.25, 0.3) is 0 Å². The molecule has 0 unspecified atom stereocenters. The Morgan fingerprint density at radius 3 is 1.57 bits per heavy atom. The van der Waals surface area contributed by atoms with E-state index in [1.54, 1.807) is 0 Å².